The van der Waals surface area contributed by atoms with E-state index in [2.05, 4.69) is 47.5 Å². The SMILES string of the molecule is BC(B)(c1cc(-c2cccc3c2oc2c(-c4cccc5cc(C)ccc45)c(F)ccc23)ncc1F)C(C)(C)C. The normalized spacial score (nSPS) is 12.6. The summed E-state index contributed by atoms with van der Waals surface area (Å²) in [5.41, 5.74) is 5.25. The van der Waals surface area contributed by atoms with Gasteiger partial charge in [0, 0.05) is 16.3 Å². The van der Waals surface area contributed by atoms with Gasteiger partial charge in [0.1, 0.15) is 38.5 Å². The summed E-state index contributed by atoms with van der Waals surface area (Å²) in [4.78, 5) is 4.46. The highest BCUT2D eigenvalue weighted by Gasteiger charge is 2.36. The van der Waals surface area contributed by atoms with Crippen molar-refractivity contribution in [2.45, 2.75) is 32.9 Å². The van der Waals surface area contributed by atoms with Crippen LogP contribution >= 0.6 is 0 Å². The summed E-state index contributed by atoms with van der Waals surface area (Å²) in [7, 11) is 4.11. The monoisotopic (exact) mass is 515 g/mol. The molecule has 0 fully saturated rings. The van der Waals surface area contributed by atoms with Crippen molar-refractivity contribution in [3.8, 4) is 22.4 Å². The van der Waals surface area contributed by atoms with Gasteiger partial charge in [-0.2, -0.15) is 0 Å². The zero-order chi connectivity index (χ0) is 27.7. The van der Waals surface area contributed by atoms with Crippen LogP contribution in [-0.4, -0.2) is 20.7 Å². The van der Waals surface area contributed by atoms with E-state index in [0.29, 0.717) is 28.0 Å². The zero-order valence-electron chi connectivity index (χ0n) is 23.1. The fourth-order valence-electron chi connectivity index (χ4n) is 5.38. The molecule has 0 spiro atoms. The summed E-state index contributed by atoms with van der Waals surface area (Å²) in [6.45, 7) is 8.37. The molecule has 2 aromatic heterocycles. The molecular formula is C33H29B2F2NO. The Morgan fingerprint density at radius 1 is 0.744 bits per heavy atom. The lowest BCUT2D eigenvalue weighted by atomic mass is 9.41. The van der Waals surface area contributed by atoms with Gasteiger partial charge in [0.15, 0.2) is 0 Å². The molecule has 6 rings (SSSR count). The van der Waals surface area contributed by atoms with Crippen molar-refractivity contribution in [3.05, 3.63) is 102 Å². The summed E-state index contributed by atoms with van der Waals surface area (Å²) < 4.78 is 37.2. The Kier molecular flexibility index (Phi) is 5.73. The molecule has 2 heterocycles. The van der Waals surface area contributed by atoms with E-state index >= 15 is 8.78 Å². The van der Waals surface area contributed by atoms with Crippen LogP contribution < -0.4 is 0 Å². The number of furan rings is 1. The molecule has 0 aliphatic heterocycles. The fourth-order valence-corrected chi connectivity index (χ4v) is 5.38. The van der Waals surface area contributed by atoms with Crippen molar-refractivity contribution in [2.24, 2.45) is 5.41 Å². The molecule has 0 N–H and O–H groups in total. The molecule has 2 nitrogen and oxygen atoms in total. The van der Waals surface area contributed by atoms with Gasteiger partial charge in [-0.1, -0.05) is 80.1 Å². The molecule has 0 radical (unpaired) electrons. The van der Waals surface area contributed by atoms with E-state index in [1.807, 2.05) is 61.5 Å². The Labute approximate surface area is 228 Å². The van der Waals surface area contributed by atoms with Crippen LogP contribution in [0, 0.1) is 24.0 Å². The maximum atomic E-state index is 15.6. The maximum Gasteiger partial charge on any atom is 0.146 e. The van der Waals surface area contributed by atoms with E-state index in [9.17, 15) is 0 Å². The minimum Gasteiger partial charge on any atom is -0.455 e. The first-order valence-corrected chi connectivity index (χ1v) is 13.3. The quantitative estimate of drug-likeness (QED) is 0.228. The van der Waals surface area contributed by atoms with Crippen LogP contribution in [0.2, 0.25) is 0 Å². The number of aryl methyl sites for hydroxylation is 1. The lowest BCUT2D eigenvalue weighted by Gasteiger charge is -2.40. The molecule has 0 saturated carbocycles. The summed E-state index contributed by atoms with van der Waals surface area (Å²) in [5.74, 6) is -0.670. The Balaban J connectivity index is 1.62. The van der Waals surface area contributed by atoms with Crippen molar-refractivity contribution < 1.29 is 13.2 Å². The van der Waals surface area contributed by atoms with Crippen LogP contribution in [0.3, 0.4) is 0 Å². The highest BCUT2D eigenvalue weighted by atomic mass is 19.1. The van der Waals surface area contributed by atoms with Crippen molar-refractivity contribution in [1.82, 2.24) is 4.98 Å². The van der Waals surface area contributed by atoms with Crippen molar-refractivity contribution in [2.75, 3.05) is 0 Å². The van der Waals surface area contributed by atoms with Gasteiger partial charge in [-0.25, -0.2) is 8.78 Å². The van der Waals surface area contributed by atoms with Crippen LogP contribution in [0.1, 0.15) is 31.9 Å². The summed E-state index contributed by atoms with van der Waals surface area (Å²) in [6, 6.07) is 23.0. The van der Waals surface area contributed by atoms with Gasteiger partial charge in [0.05, 0.1) is 17.5 Å². The molecule has 192 valence electrons. The number of halogens is 2. The average molecular weight is 515 g/mol. The lowest BCUT2D eigenvalue weighted by molar-refractivity contribution is 0.349. The van der Waals surface area contributed by atoms with Gasteiger partial charge in [-0.3, -0.25) is 4.98 Å². The minimum atomic E-state index is -0.445. The smallest absolute Gasteiger partial charge is 0.146 e. The first-order chi connectivity index (χ1) is 18.5. The summed E-state index contributed by atoms with van der Waals surface area (Å²) in [5, 5.41) is 3.25. The molecule has 0 saturated heterocycles. The predicted molar refractivity (Wildman–Crippen MR) is 163 cm³/mol. The number of nitrogens with zero attached hydrogens (tertiary/aromatic N) is 1. The zero-order valence-corrected chi connectivity index (χ0v) is 23.1. The highest BCUT2D eigenvalue weighted by Crippen LogP contribution is 2.43. The minimum absolute atomic E-state index is 0.179. The molecule has 0 aliphatic carbocycles. The second-order valence-corrected chi connectivity index (χ2v) is 12.0. The maximum absolute atomic E-state index is 15.6. The number of pyridine rings is 1. The Morgan fingerprint density at radius 2 is 1.44 bits per heavy atom. The van der Waals surface area contributed by atoms with Crippen molar-refractivity contribution in [1.29, 1.82) is 0 Å². The molecule has 6 aromatic rings. The number of rotatable bonds is 3. The van der Waals surface area contributed by atoms with Gasteiger partial charge < -0.3 is 4.42 Å². The largest absolute Gasteiger partial charge is 0.455 e. The van der Waals surface area contributed by atoms with E-state index in [1.54, 1.807) is 6.07 Å². The van der Waals surface area contributed by atoms with E-state index in [1.165, 1.54) is 12.3 Å². The number of hydrogen-bond acceptors (Lipinski definition) is 2. The molecule has 39 heavy (non-hydrogen) atoms. The number of benzene rings is 4. The molecule has 0 atom stereocenters. The number of fused-ring (bicyclic) bond motifs is 4. The third kappa shape index (κ3) is 3.96. The van der Waals surface area contributed by atoms with Crippen molar-refractivity contribution >= 4 is 48.4 Å². The third-order valence-corrected chi connectivity index (χ3v) is 8.60. The average Bonchev–Trinajstić information content (AvgIpc) is 3.26. The first-order valence-electron chi connectivity index (χ1n) is 13.3. The van der Waals surface area contributed by atoms with Gasteiger partial charge in [-0.05, 0) is 58.5 Å². The summed E-state index contributed by atoms with van der Waals surface area (Å²) >= 11 is 0. The fraction of sp³-hybridized carbons (Fsp3) is 0.182. The van der Waals surface area contributed by atoms with E-state index in [4.69, 9.17) is 4.42 Å². The molecule has 0 unspecified atom stereocenters. The van der Waals surface area contributed by atoms with Crippen LogP contribution in [0.25, 0.3) is 55.1 Å². The highest BCUT2D eigenvalue weighted by molar-refractivity contribution is 6.40. The predicted octanol–water partition coefficient (Wildman–Crippen LogP) is 7.52. The number of hydrogen-bond donors (Lipinski definition) is 0. The Morgan fingerprint density at radius 3 is 2.21 bits per heavy atom. The van der Waals surface area contributed by atoms with Crippen LogP contribution in [-0.2, 0) is 5.21 Å². The molecular weight excluding hydrogens is 486 g/mol. The lowest BCUT2D eigenvalue weighted by Crippen LogP contribution is -2.42. The van der Waals surface area contributed by atoms with Crippen LogP contribution in [0.5, 0.6) is 0 Å². The number of para-hydroxylation sites is 1. The van der Waals surface area contributed by atoms with E-state index < -0.39 is 5.21 Å². The third-order valence-electron chi connectivity index (χ3n) is 8.60. The Bertz CT molecular complexity index is 1920. The summed E-state index contributed by atoms with van der Waals surface area (Å²) in [6.07, 6.45) is 1.29. The van der Waals surface area contributed by atoms with Crippen molar-refractivity contribution in [3.63, 3.8) is 0 Å². The van der Waals surface area contributed by atoms with Gasteiger partial charge in [-0.15, -0.1) is 0 Å². The molecule has 0 aliphatic rings. The van der Waals surface area contributed by atoms with Crippen LogP contribution in [0.4, 0.5) is 8.78 Å². The second-order valence-electron chi connectivity index (χ2n) is 12.0. The standard InChI is InChI=1S/C33H29B2F2NO/c1-18-11-12-20-19(15-18)7-5-8-21(20)29-26(36)14-13-23-22-9-6-10-24(30(22)39-31(23)29)28-16-25(27(37)17-38-28)33(34,35)32(2,3)4/h5-17H,34-35H2,1-4H3. The van der Waals surface area contributed by atoms with Gasteiger partial charge >= 0.3 is 0 Å². The Hall–Kier alpha value is -3.92. The van der Waals surface area contributed by atoms with Gasteiger partial charge in [0.2, 0.25) is 0 Å². The molecule has 4 aromatic carbocycles. The molecule has 6 heteroatoms. The van der Waals surface area contributed by atoms with Crippen LogP contribution in [0.15, 0.2) is 83.4 Å². The second kappa shape index (κ2) is 8.81. The molecule has 0 bridgehead atoms. The first kappa shape index (κ1) is 25.4. The van der Waals surface area contributed by atoms with Gasteiger partial charge in [0.25, 0.3) is 0 Å². The number of aromatic nitrogens is 1. The molecule has 0 amide bonds. The topological polar surface area (TPSA) is 26.0 Å². The van der Waals surface area contributed by atoms with E-state index in [-0.39, 0.29) is 17.0 Å². The van der Waals surface area contributed by atoms with E-state index in [0.717, 1.165) is 38.2 Å².